The van der Waals surface area contributed by atoms with Crippen LogP contribution in [0.3, 0.4) is 0 Å². The molecular weight excluding hydrogens is 340 g/mol. The third kappa shape index (κ3) is 4.35. The quantitative estimate of drug-likeness (QED) is 0.716. The molecule has 4 rings (SSSR count). The third-order valence-electron chi connectivity index (χ3n) is 6.68. The molecule has 146 valence electrons. The molecule has 2 bridgehead atoms. The largest absolute Gasteiger partial charge is 0.375 e. The van der Waals surface area contributed by atoms with Gasteiger partial charge in [0.05, 0.1) is 12.2 Å². The number of rotatable bonds is 6. The summed E-state index contributed by atoms with van der Waals surface area (Å²) in [6.07, 6.45) is 8.75. The zero-order chi connectivity index (χ0) is 18.1. The van der Waals surface area contributed by atoms with Gasteiger partial charge in [0.25, 0.3) is 0 Å². The molecule has 3 nitrogen and oxygen atoms in total. The van der Waals surface area contributed by atoms with E-state index in [1.165, 1.54) is 70.3 Å². The van der Waals surface area contributed by atoms with E-state index in [-0.39, 0.29) is 0 Å². The molecule has 3 aliphatic rings. The van der Waals surface area contributed by atoms with Gasteiger partial charge >= 0.3 is 0 Å². The second kappa shape index (κ2) is 8.30. The minimum atomic E-state index is 0.508. The maximum absolute atomic E-state index is 6.62. The molecule has 0 saturated carbocycles. The molecule has 1 unspecified atom stereocenters. The van der Waals surface area contributed by atoms with E-state index in [1.807, 2.05) is 11.3 Å². The molecule has 1 aromatic rings. The zero-order valence-electron chi connectivity index (χ0n) is 16.8. The maximum atomic E-state index is 6.62. The average molecular weight is 377 g/mol. The van der Waals surface area contributed by atoms with E-state index in [9.17, 15) is 0 Å². The van der Waals surface area contributed by atoms with Gasteiger partial charge in [0.2, 0.25) is 0 Å². The summed E-state index contributed by atoms with van der Waals surface area (Å²) < 4.78 is 6.62. The topological polar surface area (TPSA) is 15.7 Å². The number of hydrogen-bond donors (Lipinski definition) is 0. The van der Waals surface area contributed by atoms with E-state index < -0.39 is 0 Å². The highest BCUT2D eigenvalue weighted by Gasteiger charge is 2.42. The minimum Gasteiger partial charge on any atom is -0.375 e. The molecule has 26 heavy (non-hydrogen) atoms. The van der Waals surface area contributed by atoms with E-state index in [2.05, 4.69) is 42.0 Å². The second-order valence-electron chi connectivity index (χ2n) is 9.21. The van der Waals surface area contributed by atoms with Gasteiger partial charge in [0.15, 0.2) is 0 Å². The van der Waals surface area contributed by atoms with E-state index in [1.54, 1.807) is 4.88 Å². The Labute approximate surface area is 163 Å². The first-order chi connectivity index (χ1) is 12.6. The van der Waals surface area contributed by atoms with Crippen molar-refractivity contribution in [3.8, 4) is 0 Å². The summed E-state index contributed by atoms with van der Waals surface area (Å²) in [5.74, 6) is 0.777. The lowest BCUT2D eigenvalue weighted by atomic mass is 9.98. The van der Waals surface area contributed by atoms with Crippen molar-refractivity contribution in [3.05, 3.63) is 21.9 Å². The van der Waals surface area contributed by atoms with Crippen LogP contribution in [-0.4, -0.2) is 53.7 Å². The molecule has 0 amide bonds. The van der Waals surface area contributed by atoms with Crippen LogP contribution >= 0.6 is 11.3 Å². The molecule has 3 saturated heterocycles. The number of likely N-dealkylation sites (tertiary alicyclic amines) is 1. The molecule has 4 heterocycles. The fourth-order valence-corrected chi connectivity index (χ4v) is 6.26. The first-order valence-electron chi connectivity index (χ1n) is 10.7. The fraction of sp³-hybridized carbons (Fsp3) is 0.818. The standard InChI is InChI=1S/C22H36N2OS/c1-16(2)14-23-9-6-20(7-10-23)25-21-12-18-4-5-19(13-21)24(18)15-22-17(3)8-11-26-22/h8,11,16,18-21H,4-7,9-10,12-15H2,1-3H3/t18-,19+,21?. The third-order valence-corrected chi connectivity index (χ3v) is 7.69. The van der Waals surface area contributed by atoms with Crippen molar-refractivity contribution < 1.29 is 4.74 Å². The number of fused-ring (bicyclic) bond motifs is 2. The van der Waals surface area contributed by atoms with Gasteiger partial charge in [-0.1, -0.05) is 13.8 Å². The van der Waals surface area contributed by atoms with E-state index in [0.29, 0.717) is 12.2 Å². The van der Waals surface area contributed by atoms with Crippen LogP contribution in [-0.2, 0) is 11.3 Å². The van der Waals surface area contributed by atoms with E-state index in [4.69, 9.17) is 4.74 Å². The van der Waals surface area contributed by atoms with Crippen LogP contribution in [0.1, 0.15) is 62.8 Å². The van der Waals surface area contributed by atoms with Gasteiger partial charge in [-0.05, 0) is 68.4 Å². The van der Waals surface area contributed by atoms with Crippen LogP contribution < -0.4 is 0 Å². The first kappa shape index (κ1) is 18.9. The van der Waals surface area contributed by atoms with Crippen molar-refractivity contribution in [2.45, 2.75) is 90.1 Å². The monoisotopic (exact) mass is 376 g/mol. The molecule has 3 atom stereocenters. The predicted octanol–water partition coefficient (Wildman–Crippen LogP) is 4.69. The van der Waals surface area contributed by atoms with Crippen molar-refractivity contribution >= 4 is 11.3 Å². The number of ether oxygens (including phenoxy) is 1. The number of hydrogen-bond acceptors (Lipinski definition) is 4. The Balaban J connectivity index is 1.26. The Hall–Kier alpha value is -0.420. The van der Waals surface area contributed by atoms with Gasteiger partial charge in [-0.25, -0.2) is 0 Å². The predicted molar refractivity (Wildman–Crippen MR) is 110 cm³/mol. The first-order valence-corrected chi connectivity index (χ1v) is 11.6. The molecule has 3 aliphatic heterocycles. The minimum absolute atomic E-state index is 0.508. The van der Waals surface area contributed by atoms with Crippen molar-refractivity contribution in [1.82, 2.24) is 9.80 Å². The molecule has 4 heteroatoms. The van der Waals surface area contributed by atoms with Gasteiger partial charge in [-0.2, -0.15) is 0 Å². The average Bonchev–Trinajstić information content (AvgIpc) is 3.10. The lowest BCUT2D eigenvalue weighted by molar-refractivity contribution is -0.0809. The summed E-state index contributed by atoms with van der Waals surface area (Å²) in [4.78, 5) is 6.99. The Morgan fingerprint density at radius 3 is 2.35 bits per heavy atom. The second-order valence-corrected chi connectivity index (χ2v) is 10.2. The highest BCUT2D eigenvalue weighted by Crippen LogP contribution is 2.39. The van der Waals surface area contributed by atoms with Crippen molar-refractivity contribution in [3.63, 3.8) is 0 Å². The van der Waals surface area contributed by atoms with Gasteiger partial charge in [0.1, 0.15) is 0 Å². The lowest BCUT2D eigenvalue weighted by Crippen LogP contribution is -2.47. The Kier molecular flexibility index (Phi) is 6.04. The molecule has 0 aromatic carbocycles. The molecular formula is C22H36N2OS. The van der Waals surface area contributed by atoms with Crippen molar-refractivity contribution in [2.75, 3.05) is 19.6 Å². The molecule has 3 fully saturated rings. The van der Waals surface area contributed by atoms with Crippen LogP contribution in [0.2, 0.25) is 0 Å². The normalized spacial score (nSPS) is 31.2. The van der Waals surface area contributed by atoms with Gasteiger partial charge in [0, 0.05) is 43.1 Å². The molecule has 1 aromatic heterocycles. The number of nitrogens with zero attached hydrogens (tertiary/aromatic N) is 2. The number of piperidine rings is 2. The van der Waals surface area contributed by atoms with Gasteiger partial charge < -0.3 is 9.64 Å². The summed E-state index contributed by atoms with van der Waals surface area (Å²) in [7, 11) is 0. The van der Waals surface area contributed by atoms with Crippen LogP contribution in [0.25, 0.3) is 0 Å². The van der Waals surface area contributed by atoms with Crippen molar-refractivity contribution in [2.24, 2.45) is 5.92 Å². The summed E-state index contributed by atoms with van der Waals surface area (Å²) in [5, 5.41) is 2.24. The maximum Gasteiger partial charge on any atom is 0.0608 e. The Bertz CT molecular complexity index is 564. The summed E-state index contributed by atoms with van der Waals surface area (Å²) in [5.41, 5.74) is 1.47. The van der Waals surface area contributed by atoms with Crippen LogP contribution in [0, 0.1) is 12.8 Å². The Morgan fingerprint density at radius 2 is 1.77 bits per heavy atom. The van der Waals surface area contributed by atoms with Gasteiger partial charge in [-0.3, -0.25) is 4.90 Å². The molecule has 0 N–H and O–H groups in total. The molecule has 0 aliphatic carbocycles. The van der Waals surface area contributed by atoms with Crippen LogP contribution in [0.15, 0.2) is 11.4 Å². The fourth-order valence-electron chi connectivity index (χ4n) is 5.34. The summed E-state index contributed by atoms with van der Waals surface area (Å²) >= 11 is 1.93. The van der Waals surface area contributed by atoms with Crippen LogP contribution in [0.5, 0.6) is 0 Å². The van der Waals surface area contributed by atoms with Gasteiger partial charge in [-0.15, -0.1) is 11.3 Å². The van der Waals surface area contributed by atoms with E-state index in [0.717, 1.165) is 18.0 Å². The highest BCUT2D eigenvalue weighted by atomic mass is 32.1. The lowest BCUT2D eigenvalue weighted by Gasteiger charge is -2.41. The van der Waals surface area contributed by atoms with Crippen molar-refractivity contribution in [1.29, 1.82) is 0 Å². The smallest absolute Gasteiger partial charge is 0.0608 e. The summed E-state index contributed by atoms with van der Waals surface area (Å²) in [6, 6.07) is 3.77. The number of aryl methyl sites for hydroxylation is 1. The molecule has 0 radical (unpaired) electrons. The van der Waals surface area contributed by atoms with E-state index >= 15 is 0 Å². The summed E-state index contributed by atoms with van der Waals surface area (Å²) in [6.45, 7) is 11.8. The highest BCUT2D eigenvalue weighted by molar-refractivity contribution is 7.10. The number of thiophene rings is 1. The van der Waals surface area contributed by atoms with Crippen LogP contribution in [0.4, 0.5) is 0 Å². The zero-order valence-corrected chi connectivity index (χ0v) is 17.6. The molecule has 0 spiro atoms. The SMILES string of the molecule is Cc1ccsc1CN1[C@@H]2CC[C@H]1CC(OC1CCN(CC(C)C)CC1)C2. The Morgan fingerprint density at radius 1 is 1.08 bits per heavy atom.